The lowest BCUT2D eigenvalue weighted by Gasteiger charge is -2.40. The predicted octanol–water partition coefficient (Wildman–Crippen LogP) is 4.26. The van der Waals surface area contributed by atoms with Crippen LogP contribution in [0.15, 0.2) is 18.2 Å². The van der Waals surface area contributed by atoms with Crippen LogP contribution in [0.1, 0.15) is 44.2 Å². The number of anilines is 1. The van der Waals surface area contributed by atoms with Gasteiger partial charge in [-0.15, -0.1) is 0 Å². The molecule has 2 nitrogen and oxygen atoms in total. The number of benzene rings is 1. The molecule has 1 aromatic carbocycles. The first-order valence-corrected chi connectivity index (χ1v) is 7.56. The van der Waals surface area contributed by atoms with Crippen LogP contribution in [0.25, 0.3) is 0 Å². The Morgan fingerprint density at radius 2 is 1.63 bits per heavy atom. The number of likely N-dealkylation sites (tertiary alicyclic amines) is 1. The molecule has 1 saturated heterocycles. The van der Waals surface area contributed by atoms with E-state index >= 15 is 0 Å². The van der Waals surface area contributed by atoms with E-state index in [1.54, 1.807) is 0 Å². The molecule has 0 aromatic heterocycles. The Morgan fingerprint density at radius 1 is 1.11 bits per heavy atom. The van der Waals surface area contributed by atoms with Gasteiger partial charge < -0.3 is 10.2 Å². The fourth-order valence-electron chi connectivity index (χ4n) is 3.06. The standard InChI is InChI=1S/C16H24N2S/c1-11-8-12(2)10-15(9-11)17-16(19)18-13(3)6-5-7-14(18)4/h8-10,13-14H,5-7H2,1-4H3,(H,17,19). The highest BCUT2D eigenvalue weighted by molar-refractivity contribution is 7.80. The summed E-state index contributed by atoms with van der Waals surface area (Å²) in [6, 6.07) is 7.56. The highest BCUT2D eigenvalue weighted by atomic mass is 32.1. The number of thiocarbonyl (C=S) groups is 1. The van der Waals surface area contributed by atoms with Gasteiger partial charge in [-0.2, -0.15) is 0 Å². The van der Waals surface area contributed by atoms with Gasteiger partial charge in [0.2, 0.25) is 0 Å². The molecule has 0 aliphatic carbocycles. The van der Waals surface area contributed by atoms with E-state index in [0.717, 1.165) is 10.8 Å². The number of aryl methyl sites for hydroxylation is 2. The summed E-state index contributed by atoms with van der Waals surface area (Å²) in [6.45, 7) is 8.77. The van der Waals surface area contributed by atoms with Gasteiger partial charge in [0.15, 0.2) is 5.11 Å². The molecular weight excluding hydrogens is 252 g/mol. The van der Waals surface area contributed by atoms with E-state index in [4.69, 9.17) is 12.2 Å². The molecule has 1 fully saturated rings. The van der Waals surface area contributed by atoms with Gasteiger partial charge in [-0.1, -0.05) is 6.07 Å². The first-order chi connectivity index (χ1) is 8.97. The van der Waals surface area contributed by atoms with Gasteiger partial charge in [0.25, 0.3) is 0 Å². The Bertz CT molecular complexity index is 440. The molecule has 0 radical (unpaired) electrons. The highest BCUT2D eigenvalue weighted by Gasteiger charge is 2.26. The van der Waals surface area contributed by atoms with Crippen LogP contribution in [0.2, 0.25) is 0 Å². The maximum absolute atomic E-state index is 5.61. The minimum absolute atomic E-state index is 0.537. The van der Waals surface area contributed by atoms with Gasteiger partial charge in [-0.25, -0.2) is 0 Å². The second kappa shape index (κ2) is 5.91. The summed E-state index contributed by atoms with van der Waals surface area (Å²) >= 11 is 5.61. The van der Waals surface area contributed by atoms with Crippen molar-refractivity contribution in [1.29, 1.82) is 0 Å². The number of hydrogen-bond acceptors (Lipinski definition) is 1. The number of piperidine rings is 1. The van der Waals surface area contributed by atoms with Crippen LogP contribution in [0.5, 0.6) is 0 Å². The van der Waals surface area contributed by atoms with Crippen molar-refractivity contribution in [2.45, 2.75) is 59.0 Å². The zero-order valence-electron chi connectivity index (χ0n) is 12.4. The average molecular weight is 276 g/mol. The molecule has 2 atom stereocenters. The third kappa shape index (κ3) is 3.47. The first kappa shape index (κ1) is 14.3. The Balaban J connectivity index is 2.11. The number of hydrogen-bond donors (Lipinski definition) is 1. The summed E-state index contributed by atoms with van der Waals surface area (Å²) < 4.78 is 0. The van der Waals surface area contributed by atoms with Gasteiger partial charge in [0.1, 0.15) is 0 Å². The van der Waals surface area contributed by atoms with E-state index in [9.17, 15) is 0 Å². The summed E-state index contributed by atoms with van der Waals surface area (Å²) in [5, 5.41) is 4.28. The normalized spacial score (nSPS) is 23.3. The van der Waals surface area contributed by atoms with Crippen LogP contribution in [-0.4, -0.2) is 22.1 Å². The van der Waals surface area contributed by atoms with Crippen LogP contribution in [0, 0.1) is 13.8 Å². The van der Waals surface area contributed by atoms with Gasteiger partial charge in [-0.3, -0.25) is 0 Å². The maximum atomic E-state index is 5.61. The molecule has 19 heavy (non-hydrogen) atoms. The number of nitrogens with zero attached hydrogens (tertiary/aromatic N) is 1. The third-order valence-electron chi connectivity index (χ3n) is 3.90. The van der Waals surface area contributed by atoms with Crippen LogP contribution in [0.4, 0.5) is 5.69 Å². The summed E-state index contributed by atoms with van der Waals surface area (Å²) in [6.07, 6.45) is 3.78. The van der Waals surface area contributed by atoms with E-state index in [0.29, 0.717) is 12.1 Å². The van der Waals surface area contributed by atoms with Gasteiger partial charge in [0, 0.05) is 17.8 Å². The smallest absolute Gasteiger partial charge is 0.173 e. The van der Waals surface area contributed by atoms with Crippen LogP contribution in [-0.2, 0) is 0 Å². The molecule has 2 rings (SSSR count). The van der Waals surface area contributed by atoms with Crippen LogP contribution in [0.3, 0.4) is 0 Å². The topological polar surface area (TPSA) is 15.3 Å². The molecule has 1 aliphatic rings. The summed E-state index contributed by atoms with van der Waals surface area (Å²) in [7, 11) is 0. The molecule has 0 amide bonds. The summed E-state index contributed by atoms with van der Waals surface area (Å²) in [5.41, 5.74) is 3.64. The molecule has 0 spiro atoms. The van der Waals surface area contributed by atoms with Gasteiger partial charge >= 0.3 is 0 Å². The fraction of sp³-hybridized carbons (Fsp3) is 0.562. The van der Waals surface area contributed by atoms with Crippen molar-refractivity contribution in [2.75, 3.05) is 5.32 Å². The largest absolute Gasteiger partial charge is 0.344 e. The Hall–Kier alpha value is -1.09. The molecule has 104 valence electrons. The number of rotatable bonds is 1. The predicted molar refractivity (Wildman–Crippen MR) is 86.8 cm³/mol. The molecule has 1 heterocycles. The SMILES string of the molecule is Cc1cc(C)cc(NC(=S)N2C(C)CCCC2C)c1. The molecule has 3 heteroatoms. The Morgan fingerprint density at radius 3 is 2.16 bits per heavy atom. The molecule has 0 bridgehead atoms. The Kier molecular flexibility index (Phi) is 4.46. The van der Waals surface area contributed by atoms with Crippen molar-refractivity contribution in [1.82, 2.24) is 4.90 Å². The minimum Gasteiger partial charge on any atom is -0.344 e. The van der Waals surface area contributed by atoms with Crippen molar-refractivity contribution in [2.24, 2.45) is 0 Å². The van der Waals surface area contributed by atoms with Crippen LogP contribution >= 0.6 is 12.2 Å². The molecule has 1 N–H and O–H groups in total. The first-order valence-electron chi connectivity index (χ1n) is 7.15. The van der Waals surface area contributed by atoms with Crippen molar-refractivity contribution < 1.29 is 0 Å². The number of nitrogens with one attached hydrogen (secondary N) is 1. The molecule has 1 aromatic rings. The van der Waals surface area contributed by atoms with E-state index < -0.39 is 0 Å². The monoisotopic (exact) mass is 276 g/mol. The second-order valence-electron chi connectivity index (χ2n) is 5.84. The van der Waals surface area contributed by atoms with E-state index in [-0.39, 0.29) is 0 Å². The average Bonchev–Trinajstić information content (AvgIpc) is 2.26. The lowest BCUT2D eigenvalue weighted by atomic mass is 9.98. The molecule has 1 aliphatic heterocycles. The second-order valence-corrected chi connectivity index (χ2v) is 6.23. The van der Waals surface area contributed by atoms with Crippen molar-refractivity contribution in [3.05, 3.63) is 29.3 Å². The highest BCUT2D eigenvalue weighted by Crippen LogP contribution is 2.24. The lowest BCUT2D eigenvalue weighted by molar-refractivity contribution is 0.194. The lowest BCUT2D eigenvalue weighted by Crippen LogP contribution is -2.49. The fourth-order valence-corrected chi connectivity index (χ4v) is 3.53. The van der Waals surface area contributed by atoms with Crippen molar-refractivity contribution in [3.63, 3.8) is 0 Å². The van der Waals surface area contributed by atoms with E-state index in [1.807, 2.05) is 0 Å². The quantitative estimate of drug-likeness (QED) is 0.771. The van der Waals surface area contributed by atoms with Crippen LogP contribution < -0.4 is 5.32 Å². The molecule has 0 saturated carbocycles. The third-order valence-corrected chi connectivity index (χ3v) is 4.21. The summed E-state index contributed by atoms with van der Waals surface area (Å²) in [4.78, 5) is 2.36. The zero-order valence-corrected chi connectivity index (χ0v) is 13.2. The van der Waals surface area contributed by atoms with Gasteiger partial charge in [0.05, 0.1) is 0 Å². The Labute approximate surface area is 122 Å². The summed E-state index contributed by atoms with van der Waals surface area (Å²) in [5.74, 6) is 0. The maximum Gasteiger partial charge on any atom is 0.173 e. The van der Waals surface area contributed by atoms with Gasteiger partial charge in [-0.05, 0) is 82.4 Å². The molecular formula is C16H24N2S. The molecule has 2 unspecified atom stereocenters. The minimum atomic E-state index is 0.537. The van der Waals surface area contributed by atoms with Crippen molar-refractivity contribution >= 4 is 23.0 Å². The van der Waals surface area contributed by atoms with E-state index in [1.165, 1.54) is 30.4 Å². The zero-order chi connectivity index (χ0) is 14.0. The van der Waals surface area contributed by atoms with E-state index in [2.05, 4.69) is 56.1 Å². The van der Waals surface area contributed by atoms with Crippen molar-refractivity contribution in [3.8, 4) is 0 Å².